The summed E-state index contributed by atoms with van der Waals surface area (Å²) in [6.07, 6.45) is 4.69. The van der Waals surface area contributed by atoms with Crippen LogP contribution in [0.3, 0.4) is 0 Å². The monoisotopic (exact) mass is 424 g/mol. The lowest BCUT2D eigenvalue weighted by Crippen LogP contribution is -2.15. The van der Waals surface area contributed by atoms with Crippen LogP contribution in [0.4, 0.5) is 5.69 Å². The van der Waals surface area contributed by atoms with Gasteiger partial charge in [0.15, 0.2) is 10.7 Å². The molecule has 10 heteroatoms. The van der Waals surface area contributed by atoms with Crippen LogP contribution in [0.5, 0.6) is 0 Å². The van der Waals surface area contributed by atoms with Crippen molar-refractivity contribution in [2.24, 2.45) is 0 Å². The SMILES string of the molecule is CSc1c(S(=O)(=O)c2nc3ccnn3cc2NC(C)=O)cc(C)c(C)c1Cl. The zero-order valence-electron chi connectivity index (χ0n) is 15.1. The number of hydrogen-bond acceptors (Lipinski definition) is 6. The third-order valence-corrected chi connectivity index (χ3v) is 7.36. The second-order valence-electron chi connectivity index (χ2n) is 5.94. The number of benzene rings is 1. The van der Waals surface area contributed by atoms with E-state index in [1.165, 1.54) is 35.6 Å². The maximum absolute atomic E-state index is 13.5. The van der Waals surface area contributed by atoms with Gasteiger partial charge in [-0.15, -0.1) is 11.8 Å². The van der Waals surface area contributed by atoms with E-state index in [-0.39, 0.29) is 15.6 Å². The Morgan fingerprint density at radius 2 is 2.04 bits per heavy atom. The van der Waals surface area contributed by atoms with Crippen molar-refractivity contribution in [3.8, 4) is 0 Å². The van der Waals surface area contributed by atoms with Crippen LogP contribution in [-0.2, 0) is 14.6 Å². The second-order valence-corrected chi connectivity index (χ2v) is 8.97. The number of carbonyl (C=O) groups excluding carboxylic acids is 1. The van der Waals surface area contributed by atoms with E-state index in [1.807, 2.05) is 6.92 Å². The molecule has 0 radical (unpaired) electrons. The van der Waals surface area contributed by atoms with E-state index in [2.05, 4.69) is 15.4 Å². The van der Waals surface area contributed by atoms with E-state index in [9.17, 15) is 13.2 Å². The van der Waals surface area contributed by atoms with Crippen LogP contribution in [0, 0.1) is 13.8 Å². The quantitative estimate of drug-likeness (QED) is 0.508. The van der Waals surface area contributed by atoms with E-state index < -0.39 is 15.7 Å². The first-order valence-electron chi connectivity index (χ1n) is 7.87. The van der Waals surface area contributed by atoms with Crippen molar-refractivity contribution < 1.29 is 13.2 Å². The van der Waals surface area contributed by atoms with Gasteiger partial charge in [-0.1, -0.05) is 11.6 Å². The number of hydrogen-bond donors (Lipinski definition) is 1. The van der Waals surface area contributed by atoms with Crippen LogP contribution in [0.1, 0.15) is 18.1 Å². The highest BCUT2D eigenvalue weighted by molar-refractivity contribution is 7.99. The zero-order valence-corrected chi connectivity index (χ0v) is 17.5. The molecule has 0 atom stereocenters. The lowest BCUT2D eigenvalue weighted by atomic mass is 10.1. The molecule has 0 fully saturated rings. The summed E-state index contributed by atoms with van der Waals surface area (Å²) < 4.78 is 28.4. The molecular weight excluding hydrogens is 408 g/mol. The Morgan fingerprint density at radius 3 is 2.67 bits per heavy atom. The van der Waals surface area contributed by atoms with Gasteiger partial charge in [-0.05, 0) is 37.3 Å². The van der Waals surface area contributed by atoms with E-state index in [0.717, 1.165) is 11.1 Å². The summed E-state index contributed by atoms with van der Waals surface area (Å²) in [4.78, 5) is 16.3. The van der Waals surface area contributed by atoms with Gasteiger partial charge in [0.05, 0.1) is 28.0 Å². The first-order valence-corrected chi connectivity index (χ1v) is 11.0. The molecule has 1 aromatic carbocycles. The first kappa shape index (κ1) is 19.7. The number of rotatable bonds is 4. The summed E-state index contributed by atoms with van der Waals surface area (Å²) in [7, 11) is -4.06. The normalized spacial score (nSPS) is 11.7. The number of nitrogens with one attached hydrogen (secondary N) is 1. The maximum Gasteiger partial charge on any atom is 0.227 e. The largest absolute Gasteiger partial charge is 0.323 e. The summed E-state index contributed by atoms with van der Waals surface area (Å²) in [6.45, 7) is 4.93. The van der Waals surface area contributed by atoms with Crippen LogP contribution in [0.25, 0.3) is 5.65 Å². The van der Waals surface area contributed by atoms with Gasteiger partial charge < -0.3 is 5.32 Å². The molecule has 0 aliphatic carbocycles. The molecular formula is C17H17ClN4O3S2. The van der Waals surface area contributed by atoms with E-state index >= 15 is 0 Å². The molecule has 0 spiro atoms. The molecule has 3 rings (SSSR count). The van der Waals surface area contributed by atoms with Gasteiger partial charge >= 0.3 is 0 Å². The third kappa shape index (κ3) is 3.42. The van der Waals surface area contributed by atoms with Crippen molar-refractivity contribution >= 4 is 50.4 Å². The Kier molecular flexibility index (Phi) is 5.20. The standard InChI is InChI=1S/C17H17ClN4O3S2/c1-9-7-13(16(26-4)15(18)10(9)2)27(24,25)17-12(20-11(3)23)8-22-14(21-17)5-6-19-22/h5-8H,1-4H3,(H,20,23). The average molecular weight is 425 g/mol. The van der Waals surface area contributed by atoms with Gasteiger partial charge in [-0.2, -0.15) is 5.10 Å². The average Bonchev–Trinajstić information content (AvgIpc) is 3.05. The lowest BCUT2D eigenvalue weighted by molar-refractivity contribution is -0.114. The summed E-state index contributed by atoms with van der Waals surface area (Å²) >= 11 is 7.66. The molecule has 0 aliphatic rings. The molecule has 3 aromatic rings. The number of carbonyl (C=O) groups is 1. The fourth-order valence-corrected chi connectivity index (χ4v) is 5.84. The van der Waals surface area contributed by atoms with E-state index in [1.54, 1.807) is 25.3 Å². The van der Waals surface area contributed by atoms with E-state index in [0.29, 0.717) is 15.6 Å². The Labute approximate surface area is 166 Å². The minimum atomic E-state index is -4.06. The molecule has 0 bridgehead atoms. The van der Waals surface area contributed by atoms with Gasteiger partial charge in [0, 0.05) is 17.9 Å². The highest BCUT2D eigenvalue weighted by Crippen LogP contribution is 2.39. The highest BCUT2D eigenvalue weighted by atomic mass is 35.5. The molecule has 0 aliphatic heterocycles. The van der Waals surface area contributed by atoms with Gasteiger partial charge in [0.2, 0.25) is 15.7 Å². The zero-order chi connectivity index (χ0) is 19.9. The molecule has 142 valence electrons. The minimum Gasteiger partial charge on any atom is -0.323 e. The Morgan fingerprint density at radius 1 is 1.33 bits per heavy atom. The molecule has 0 saturated carbocycles. The van der Waals surface area contributed by atoms with Crippen LogP contribution in [-0.4, -0.2) is 35.2 Å². The number of aromatic nitrogens is 3. The molecule has 2 aromatic heterocycles. The van der Waals surface area contributed by atoms with Gasteiger partial charge in [0.25, 0.3) is 0 Å². The number of anilines is 1. The van der Waals surface area contributed by atoms with Crippen LogP contribution in [0.15, 0.2) is 39.3 Å². The second kappa shape index (κ2) is 7.14. The fraction of sp³-hybridized carbons (Fsp3) is 0.235. The molecule has 1 N–H and O–H groups in total. The van der Waals surface area contributed by atoms with Crippen molar-refractivity contribution in [3.05, 3.63) is 40.7 Å². The van der Waals surface area contributed by atoms with Crippen molar-refractivity contribution in [1.82, 2.24) is 14.6 Å². The third-order valence-electron chi connectivity index (χ3n) is 4.10. The van der Waals surface area contributed by atoms with Gasteiger partial charge in [0.1, 0.15) is 0 Å². The molecule has 27 heavy (non-hydrogen) atoms. The summed E-state index contributed by atoms with van der Waals surface area (Å²) in [6, 6.07) is 3.17. The molecule has 0 unspecified atom stereocenters. The topological polar surface area (TPSA) is 93.4 Å². The first-order chi connectivity index (χ1) is 12.7. The maximum atomic E-state index is 13.5. The van der Waals surface area contributed by atoms with Gasteiger partial charge in [-0.25, -0.2) is 17.9 Å². The molecule has 0 saturated heterocycles. The number of aryl methyl sites for hydroxylation is 1. The van der Waals surface area contributed by atoms with Crippen molar-refractivity contribution in [3.63, 3.8) is 0 Å². The highest BCUT2D eigenvalue weighted by Gasteiger charge is 2.29. The number of halogens is 1. The fourth-order valence-electron chi connectivity index (χ4n) is 2.63. The number of amides is 1. The molecule has 2 heterocycles. The van der Waals surface area contributed by atoms with Crippen molar-refractivity contribution in [1.29, 1.82) is 0 Å². The van der Waals surface area contributed by atoms with Crippen molar-refractivity contribution in [2.75, 3.05) is 11.6 Å². The lowest BCUT2D eigenvalue weighted by Gasteiger charge is -2.16. The predicted octanol–water partition coefficient (Wildman–Crippen LogP) is 3.51. The van der Waals surface area contributed by atoms with Crippen LogP contribution in [0.2, 0.25) is 5.02 Å². The minimum absolute atomic E-state index is 0.0557. The van der Waals surface area contributed by atoms with Crippen LogP contribution < -0.4 is 5.32 Å². The number of nitrogens with zero attached hydrogens (tertiary/aromatic N) is 3. The number of fused-ring (bicyclic) bond motifs is 1. The number of thioether (sulfide) groups is 1. The van der Waals surface area contributed by atoms with Crippen molar-refractivity contribution in [2.45, 2.75) is 35.6 Å². The summed E-state index contributed by atoms with van der Waals surface area (Å²) in [5, 5.41) is 6.71. The summed E-state index contributed by atoms with van der Waals surface area (Å²) in [5.74, 6) is -0.414. The smallest absolute Gasteiger partial charge is 0.227 e. The number of sulfone groups is 1. The Bertz CT molecular complexity index is 1170. The van der Waals surface area contributed by atoms with Gasteiger partial charge in [-0.3, -0.25) is 4.79 Å². The van der Waals surface area contributed by atoms with Crippen LogP contribution >= 0.6 is 23.4 Å². The summed E-state index contributed by atoms with van der Waals surface area (Å²) in [5.41, 5.74) is 1.98. The molecule has 7 nitrogen and oxygen atoms in total. The molecule has 1 amide bonds. The predicted molar refractivity (Wildman–Crippen MR) is 105 cm³/mol. The Balaban J connectivity index is 2.34. The Hall–Kier alpha value is -2.10. The van der Waals surface area contributed by atoms with E-state index in [4.69, 9.17) is 11.6 Å².